The third-order valence-electron chi connectivity index (χ3n) is 2.66. The number of carbonyl (C=O) groups is 1. The molecule has 1 aliphatic rings. The van der Waals surface area contributed by atoms with Crippen molar-refractivity contribution < 1.29 is 4.79 Å². The molecule has 3 heteroatoms. The molecule has 2 rings (SSSR count). The summed E-state index contributed by atoms with van der Waals surface area (Å²) in [6.45, 7) is 3.89. The van der Waals surface area contributed by atoms with Gasteiger partial charge in [-0.25, -0.2) is 0 Å². The average molecular weight is 202 g/mol. The van der Waals surface area contributed by atoms with Gasteiger partial charge in [0, 0.05) is 24.9 Å². The summed E-state index contributed by atoms with van der Waals surface area (Å²) in [4.78, 5) is 11.7. The summed E-state index contributed by atoms with van der Waals surface area (Å²) in [6, 6.07) is 7.85. The van der Waals surface area contributed by atoms with E-state index in [1.165, 1.54) is 0 Å². The number of likely N-dealkylation sites (N-methyl/N-ethyl adjacent to an activating group) is 1. The number of carbonyl (C=O) groups excluding carboxylic acids is 1. The van der Waals surface area contributed by atoms with E-state index in [1.54, 1.807) is 7.05 Å². The van der Waals surface area contributed by atoms with E-state index in [2.05, 4.69) is 17.2 Å². The molecule has 78 valence electrons. The lowest BCUT2D eigenvalue weighted by molar-refractivity contribution is -0.122. The Hall–Kier alpha value is -1.77. The van der Waals surface area contributed by atoms with E-state index < -0.39 is 0 Å². The van der Waals surface area contributed by atoms with E-state index in [4.69, 9.17) is 0 Å². The van der Waals surface area contributed by atoms with Crippen LogP contribution < -0.4 is 10.6 Å². The molecular formula is C12H14N2O. The first-order valence-corrected chi connectivity index (χ1v) is 4.97. The summed E-state index contributed by atoms with van der Waals surface area (Å²) in [7, 11) is 1.66. The third-order valence-corrected chi connectivity index (χ3v) is 2.66. The second-order valence-corrected chi connectivity index (χ2v) is 3.69. The Morgan fingerprint density at radius 2 is 2.27 bits per heavy atom. The molecule has 0 fully saturated rings. The van der Waals surface area contributed by atoms with E-state index in [1.807, 2.05) is 24.3 Å². The smallest absolute Gasteiger partial charge is 0.227 e. The number of anilines is 1. The van der Waals surface area contributed by atoms with Crippen molar-refractivity contribution in [1.82, 2.24) is 5.32 Å². The Bertz CT molecular complexity index is 412. The van der Waals surface area contributed by atoms with Crippen LogP contribution in [0.4, 0.5) is 5.69 Å². The van der Waals surface area contributed by atoms with Gasteiger partial charge in [0.15, 0.2) is 0 Å². The number of amides is 1. The van der Waals surface area contributed by atoms with Gasteiger partial charge in [0.2, 0.25) is 5.91 Å². The number of hydrogen-bond acceptors (Lipinski definition) is 2. The molecule has 0 saturated carbocycles. The van der Waals surface area contributed by atoms with Gasteiger partial charge in [-0.3, -0.25) is 4.79 Å². The molecule has 1 aromatic carbocycles. The largest absolute Gasteiger partial charge is 0.359 e. The van der Waals surface area contributed by atoms with Gasteiger partial charge in [-0.2, -0.15) is 0 Å². The van der Waals surface area contributed by atoms with Gasteiger partial charge in [-0.15, -0.1) is 0 Å². The Morgan fingerprint density at radius 3 is 3.00 bits per heavy atom. The monoisotopic (exact) mass is 202 g/mol. The zero-order valence-corrected chi connectivity index (χ0v) is 8.71. The van der Waals surface area contributed by atoms with Gasteiger partial charge in [0.05, 0.1) is 5.92 Å². The summed E-state index contributed by atoms with van der Waals surface area (Å²) < 4.78 is 0. The van der Waals surface area contributed by atoms with Crippen LogP contribution in [-0.2, 0) is 4.79 Å². The van der Waals surface area contributed by atoms with Crippen LogP contribution in [-0.4, -0.2) is 13.0 Å². The van der Waals surface area contributed by atoms with Crippen molar-refractivity contribution in [3.8, 4) is 0 Å². The topological polar surface area (TPSA) is 41.1 Å². The Kier molecular flexibility index (Phi) is 2.46. The van der Waals surface area contributed by atoms with Crippen LogP contribution in [0.25, 0.3) is 0 Å². The molecular weight excluding hydrogens is 188 g/mol. The quantitative estimate of drug-likeness (QED) is 0.729. The van der Waals surface area contributed by atoms with Crippen LogP contribution >= 0.6 is 0 Å². The molecule has 0 saturated heterocycles. The van der Waals surface area contributed by atoms with E-state index in [-0.39, 0.29) is 11.8 Å². The van der Waals surface area contributed by atoms with Crippen LogP contribution in [0.1, 0.15) is 17.9 Å². The average Bonchev–Trinajstić information content (AvgIpc) is 2.26. The van der Waals surface area contributed by atoms with Gasteiger partial charge in [0.1, 0.15) is 0 Å². The third kappa shape index (κ3) is 1.73. The van der Waals surface area contributed by atoms with Gasteiger partial charge >= 0.3 is 0 Å². The van der Waals surface area contributed by atoms with Crippen molar-refractivity contribution in [3.05, 3.63) is 42.1 Å². The van der Waals surface area contributed by atoms with Crippen molar-refractivity contribution in [1.29, 1.82) is 0 Å². The van der Waals surface area contributed by atoms with Crippen LogP contribution in [0.2, 0.25) is 0 Å². The van der Waals surface area contributed by atoms with Gasteiger partial charge in [0.25, 0.3) is 0 Å². The van der Waals surface area contributed by atoms with Crippen molar-refractivity contribution >= 4 is 11.6 Å². The second-order valence-electron chi connectivity index (χ2n) is 3.69. The number of rotatable bonds is 1. The normalized spacial score (nSPS) is 19.0. The number of nitrogens with one attached hydrogen (secondary N) is 2. The molecule has 0 bridgehead atoms. The first-order chi connectivity index (χ1) is 7.22. The van der Waals surface area contributed by atoms with Gasteiger partial charge in [-0.05, 0) is 11.6 Å². The molecule has 1 aromatic rings. The molecule has 1 aliphatic heterocycles. The van der Waals surface area contributed by atoms with Crippen LogP contribution in [0.3, 0.4) is 0 Å². The van der Waals surface area contributed by atoms with E-state index in [9.17, 15) is 4.79 Å². The van der Waals surface area contributed by atoms with E-state index >= 15 is 0 Å². The lowest BCUT2D eigenvalue weighted by Crippen LogP contribution is -2.29. The molecule has 1 heterocycles. The van der Waals surface area contributed by atoms with E-state index in [0.29, 0.717) is 6.42 Å². The minimum atomic E-state index is -0.111. The maximum atomic E-state index is 11.7. The summed E-state index contributed by atoms with van der Waals surface area (Å²) >= 11 is 0. The van der Waals surface area contributed by atoms with Gasteiger partial charge in [-0.1, -0.05) is 24.8 Å². The number of para-hydroxylation sites is 1. The SMILES string of the molecule is C=C1CC(C(=O)NC)c2ccccc2N1. The minimum Gasteiger partial charge on any atom is -0.359 e. The van der Waals surface area contributed by atoms with Crippen molar-refractivity contribution in [2.24, 2.45) is 0 Å². The van der Waals surface area contributed by atoms with Crippen LogP contribution in [0.5, 0.6) is 0 Å². The highest BCUT2D eigenvalue weighted by Gasteiger charge is 2.26. The Labute approximate surface area is 89.2 Å². The number of fused-ring (bicyclic) bond motifs is 1. The molecule has 0 aromatic heterocycles. The molecule has 1 unspecified atom stereocenters. The van der Waals surface area contributed by atoms with Crippen molar-refractivity contribution in [3.63, 3.8) is 0 Å². The molecule has 0 spiro atoms. The molecule has 1 amide bonds. The fourth-order valence-corrected chi connectivity index (χ4v) is 1.92. The summed E-state index contributed by atoms with van der Waals surface area (Å²) in [5.74, 6) is -0.0648. The highest BCUT2D eigenvalue weighted by Crippen LogP contribution is 2.34. The van der Waals surface area contributed by atoms with Crippen LogP contribution in [0.15, 0.2) is 36.5 Å². The number of hydrogen-bond donors (Lipinski definition) is 2. The first kappa shape index (κ1) is 9.77. The maximum absolute atomic E-state index is 11.7. The Balaban J connectivity index is 2.42. The minimum absolute atomic E-state index is 0.0464. The fourth-order valence-electron chi connectivity index (χ4n) is 1.92. The predicted molar refractivity (Wildman–Crippen MR) is 60.6 cm³/mol. The van der Waals surface area contributed by atoms with Crippen LogP contribution in [0, 0.1) is 0 Å². The van der Waals surface area contributed by atoms with Crippen molar-refractivity contribution in [2.45, 2.75) is 12.3 Å². The molecule has 0 radical (unpaired) electrons. The lowest BCUT2D eigenvalue weighted by atomic mass is 9.89. The number of allylic oxidation sites excluding steroid dienone is 1. The number of benzene rings is 1. The fraction of sp³-hybridized carbons (Fsp3) is 0.250. The first-order valence-electron chi connectivity index (χ1n) is 4.97. The van der Waals surface area contributed by atoms with Gasteiger partial charge < -0.3 is 10.6 Å². The zero-order valence-electron chi connectivity index (χ0n) is 8.71. The molecule has 3 nitrogen and oxygen atoms in total. The zero-order chi connectivity index (χ0) is 10.8. The highest BCUT2D eigenvalue weighted by atomic mass is 16.1. The molecule has 2 N–H and O–H groups in total. The highest BCUT2D eigenvalue weighted by molar-refractivity contribution is 5.87. The predicted octanol–water partition coefficient (Wildman–Crippen LogP) is 1.85. The summed E-state index contributed by atoms with van der Waals surface area (Å²) in [5.41, 5.74) is 2.92. The summed E-state index contributed by atoms with van der Waals surface area (Å²) in [6.07, 6.45) is 0.663. The molecule has 0 aliphatic carbocycles. The summed E-state index contributed by atoms with van der Waals surface area (Å²) in [5, 5.41) is 5.88. The van der Waals surface area contributed by atoms with E-state index in [0.717, 1.165) is 16.9 Å². The molecule has 1 atom stereocenters. The Morgan fingerprint density at radius 1 is 1.53 bits per heavy atom. The standard InChI is InChI=1S/C12H14N2O/c1-8-7-10(12(15)13-2)9-5-3-4-6-11(9)14-8/h3-6,10,14H,1,7H2,2H3,(H,13,15). The van der Waals surface area contributed by atoms with Crippen molar-refractivity contribution in [2.75, 3.05) is 12.4 Å². The maximum Gasteiger partial charge on any atom is 0.227 e. The second kappa shape index (κ2) is 3.77. The lowest BCUT2D eigenvalue weighted by Gasteiger charge is -2.26. The molecule has 15 heavy (non-hydrogen) atoms.